The first-order valence-corrected chi connectivity index (χ1v) is 8.24. The van der Waals surface area contributed by atoms with Crippen molar-refractivity contribution in [1.29, 1.82) is 0 Å². The summed E-state index contributed by atoms with van der Waals surface area (Å²) in [5, 5.41) is 4.68. The van der Waals surface area contributed by atoms with E-state index in [-0.39, 0.29) is 5.60 Å². The van der Waals surface area contributed by atoms with Gasteiger partial charge in [-0.3, -0.25) is 0 Å². The van der Waals surface area contributed by atoms with E-state index in [1.165, 1.54) is 38.5 Å². The molecule has 1 spiro atoms. The lowest BCUT2D eigenvalue weighted by molar-refractivity contribution is -0.0360. The summed E-state index contributed by atoms with van der Waals surface area (Å²) < 4.78 is 6.31. The molecule has 0 aromatic carbocycles. The van der Waals surface area contributed by atoms with Crippen LogP contribution < -0.4 is 5.32 Å². The summed E-state index contributed by atoms with van der Waals surface area (Å²) in [7, 11) is 0. The Morgan fingerprint density at radius 3 is 2.59 bits per heavy atom. The zero-order chi connectivity index (χ0) is 12.3. The van der Waals surface area contributed by atoms with Crippen molar-refractivity contribution in [2.24, 2.45) is 5.92 Å². The first-order valence-electron chi connectivity index (χ1n) is 7.12. The van der Waals surface area contributed by atoms with Gasteiger partial charge in [0.25, 0.3) is 0 Å². The second-order valence-electron chi connectivity index (χ2n) is 6.08. The highest BCUT2D eigenvalue weighted by molar-refractivity contribution is 9.09. The second-order valence-corrected chi connectivity index (χ2v) is 6.73. The van der Waals surface area contributed by atoms with Crippen LogP contribution in [0.3, 0.4) is 0 Å². The molecule has 1 heterocycles. The fourth-order valence-electron chi connectivity index (χ4n) is 3.18. The molecule has 1 aliphatic carbocycles. The standard InChI is InChI=1S/C14H26BrNO/c1-11(2)13(9-15)16-10-12-5-8-14(17-12)6-3-4-7-14/h11-13,16H,3-10H2,1-2H3. The van der Waals surface area contributed by atoms with Crippen LogP contribution in [0.1, 0.15) is 52.4 Å². The van der Waals surface area contributed by atoms with Gasteiger partial charge in [0.2, 0.25) is 0 Å². The van der Waals surface area contributed by atoms with Crippen LogP contribution in [0.2, 0.25) is 0 Å². The molecule has 1 saturated heterocycles. The molecule has 100 valence electrons. The fourth-order valence-corrected chi connectivity index (χ4v) is 4.15. The van der Waals surface area contributed by atoms with E-state index in [4.69, 9.17) is 4.74 Å². The van der Waals surface area contributed by atoms with E-state index in [1.54, 1.807) is 0 Å². The molecule has 3 heteroatoms. The number of hydrogen-bond donors (Lipinski definition) is 1. The summed E-state index contributed by atoms with van der Waals surface area (Å²) >= 11 is 3.58. The Balaban J connectivity index is 1.74. The Kier molecular flexibility index (Phi) is 4.90. The zero-order valence-corrected chi connectivity index (χ0v) is 12.8. The molecule has 2 fully saturated rings. The summed E-state index contributed by atoms with van der Waals surface area (Å²) in [6.45, 7) is 5.57. The van der Waals surface area contributed by atoms with E-state index >= 15 is 0 Å². The maximum Gasteiger partial charge on any atom is 0.0708 e. The van der Waals surface area contributed by atoms with Gasteiger partial charge < -0.3 is 10.1 Å². The molecule has 1 saturated carbocycles. The van der Waals surface area contributed by atoms with Crippen LogP contribution in [0.25, 0.3) is 0 Å². The lowest BCUT2D eigenvalue weighted by Gasteiger charge is -2.26. The minimum atomic E-state index is 0.286. The average Bonchev–Trinajstić information content (AvgIpc) is 2.91. The van der Waals surface area contributed by atoms with Crippen LogP contribution in [0.4, 0.5) is 0 Å². The third-order valence-electron chi connectivity index (χ3n) is 4.43. The molecule has 2 rings (SSSR count). The van der Waals surface area contributed by atoms with Crippen molar-refractivity contribution in [2.75, 3.05) is 11.9 Å². The van der Waals surface area contributed by atoms with E-state index in [9.17, 15) is 0 Å². The van der Waals surface area contributed by atoms with E-state index in [0.717, 1.165) is 11.9 Å². The molecule has 0 radical (unpaired) electrons. The van der Waals surface area contributed by atoms with Crippen LogP contribution >= 0.6 is 15.9 Å². The number of nitrogens with one attached hydrogen (secondary N) is 1. The molecule has 2 atom stereocenters. The maximum atomic E-state index is 6.31. The van der Waals surface area contributed by atoms with Crippen LogP contribution in [0.15, 0.2) is 0 Å². The molecular formula is C14H26BrNO. The van der Waals surface area contributed by atoms with E-state index in [2.05, 4.69) is 35.1 Å². The molecule has 2 aliphatic rings. The summed E-state index contributed by atoms with van der Waals surface area (Å²) in [5.41, 5.74) is 0.286. The lowest BCUT2D eigenvalue weighted by atomic mass is 9.98. The molecule has 1 N–H and O–H groups in total. The summed E-state index contributed by atoms with van der Waals surface area (Å²) in [6, 6.07) is 0.568. The van der Waals surface area contributed by atoms with Gasteiger partial charge in [-0.2, -0.15) is 0 Å². The Bertz CT molecular complexity index is 238. The summed E-state index contributed by atoms with van der Waals surface area (Å²) in [5.74, 6) is 0.677. The van der Waals surface area contributed by atoms with Gasteiger partial charge in [0.1, 0.15) is 0 Å². The highest BCUT2D eigenvalue weighted by Crippen LogP contribution is 2.43. The van der Waals surface area contributed by atoms with Gasteiger partial charge in [0, 0.05) is 17.9 Å². The summed E-state index contributed by atoms with van der Waals surface area (Å²) in [6.07, 6.45) is 8.34. The van der Waals surface area contributed by atoms with Crippen LogP contribution in [0.5, 0.6) is 0 Å². The second kappa shape index (κ2) is 6.03. The van der Waals surface area contributed by atoms with Gasteiger partial charge in [-0.05, 0) is 31.6 Å². The Labute approximate surface area is 114 Å². The average molecular weight is 304 g/mol. The highest BCUT2D eigenvalue weighted by atomic mass is 79.9. The summed E-state index contributed by atoms with van der Waals surface area (Å²) in [4.78, 5) is 0. The van der Waals surface area contributed by atoms with Crippen LogP contribution in [-0.2, 0) is 4.74 Å². The van der Waals surface area contributed by atoms with E-state index in [0.29, 0.717) is 18.1 Å². The Morgan fingerprint density at radius 2 is 2.00 bits per heavy atom. The van der Waals surface area contributed by atoms with Crippen molar-refractivity contribution in [3.05, 3.63) is 0 Å². The van der Waals surface area contributed by atoms with Crippen molar-refractivity contribution in [1.82, 2.24) is 5.32 Å². The Morgan fingerprint density at radius 1 is 1.29 bits per heavy atom. The molecule has 1 aliphatic heterocycles. The number of halogens is 1. The van der Waals surface area contributed by atoms with Crippen molar-refractivity contribution in [3.63, 3.8) is 0 Å². The monoisotopic (exact) mass is 303 g/mol. The van der Waals surface area contributed by atoms with Gasteiger partial charge in [0.15, 0.2) is 0 Å². The molecule has 0 bridgehead atoms. The van der Waals surface area contributed by atoms with Crippen molar-refractivity contribution in [2.45, 2.75) is 70.1 Å². The first-order chi connectivity index (χ1) is 8.15. The number of hydrogen-bond acceptors (Lipinski definition) is 2. The van der Waals surface area contributed by atoms with Crippen molar-refractivity contribution >= 4 is 15.9 Å². The quantitative estimate of drug-likeness (QED) is 0.785. The van der Waals surface area contributed by atoms with Crippen molar-refractivity contribution in [3.8, 4) is 0 Å². The molecule has 17 heavy (non-hydrogen) atoms. The van der Waals surface area contributed by atoms with Gasteiger partial charge in [0.05, 0.1) is 11.7 Å². The third kappa shape index (κ3) is 3.45. The van der Waals surface area contributed by atoms with E-state index < -0.39 is 0 Å². The lowest BCUT2D eigenvalue weighted by Crippen LogP contribution is -2.40. The SMILES string of the molecule is CC(C)C(CBr)NCC1CCC2(CCCC2)O1. The number of alkyl halides is 1. The first kappa shape index (κ1) is 13.8. The predicted octanol–water partition coefficient (Wildman–Crippen LogP) is 3.49. The highest BCUT2D eigenvalue weighted by Gasteiger charge is 2.41. The topological polar surface area (TPSA) is 21.3 Å². The van der Waals surface area contributed by atoms with Gasteiger partial charge >= 0.3 is 0 Å². The minimum Gasteiger partial charge on any atom is -0.370 e. The molecule has 2 unspecified atom stereocenters. The predicted molar refractivity (Wildman–Crippen MR) is 75.7 cm³/mol. The van der Waals surface area contributed by atoms with Crippen LogP contribution in [-0.4, -0.2) is 29.6 Å². The Hall–Kier alpha value is 0.400. The van der Waals surface area contributed by atoms with Crippen molar-refractivity contribution < 1.29 is 4.74 Å². The normalized spacial score (nSPS) is 29.3. The van der Waals surface area contributed by atoms with Gasteiger partial charge in [-0.25, -0.2) is 0 Å². The smallest absolute Gasteiger partial charge is 0.0708 e. The van der Waals surface area contributed by atoms with E-state index in [1.807, 2.05) is 0 Å². The molecular weight excluding hydrogens is 278 g/mol. The third-order valence-corrected chi connectivity index (χ3v) is 5.13. The number of ether oxygens (including phenoxy) is 1. The maximum absolute atomic E-state index is 6.31. The number of rotatable bonds is 5. The van der Waals surface area contributed by atoms with Crippen LogP contribution in [0, 0.1) is 5.92 Å². The fraction of sp³-hybridized carbons (Fsp3) is 1.00. The molecule has 0 aromatic heterocycles. The van der Waals surface area contributed by atoms with Gasteiger partial charge in [-0.1, -0.05) is 42.6 Å². The van der Waals surface area contributed by atoms with Gasteiger partial charge in [-0.15, -0.1) is 0 Å². The molecule has 0 amide bonds. The zero-order valence-electron chi connectivity index (χ0n) is 11.2. The molecule has 0 aromatic rings. The molecule has 2 nitrogen and oxygen atoms in total. The minimum absolute atomic E-state index is 0.286. The largest absolute Gasteiger partial charge is 0.370 e.